The summed E-state index contributed by atoms with van der Waals surface area (Å²) in [7, 11) is 0. The summed E-state index contributed by atoms with van der Waals surface area (Å²) >= 11 is 0. The van der Waals surface area contributed by atoms with Crippen LogP contribution in [0.4, 0.5) is 5.82 Å². The zero-order valence-corrected chi connectivity index (χ0v) is 11.4. The van der Waals surface area contributed by atoms with Crippen molar-refractivity contribution >= 4 is 34.7 Å². The number of nitrogens with two attached hydrogens (primary N) is 1. The Balaban J connectivity index is 1.62. The second-order valence-electron chi connectivity index (χ2n) is 4.86. The molecule has 1 fully saturated rings. The second-order valence-corrected chi connectivity index (χ2v) is 4.86. The van der Waals surface area contributed by atoms with Crippen LogP contribution in [0.2, 0.25) is 0 Å². The lowest BCUT2D eigenvalue weighted by Gasteiger charge is -2.09. The highest BCUT2D eigenvalue weighted by atomic mass is 16.2. The van der Waals surface area contributed by atoms with E-state index in [-0.39, 0.29) is 30.5 Å². The van der Waals surface area contributed by atoms with Crippen molar-refractivity contribution in [2.24, 2.45) is 0 Å². The standard InChI is InChI=1S/C12H13N7O3/c13-10-9-11(15-4-14-10)19(5-16-9)2-1-7(20)17-6-3-8(21)18-12(6)22/h4-6H,1-3H2,(H,17,20)(H2,13,14,15)(H,18,21,22). The van der Waals surface area contributed by atoms with Gasteiger partial charge in [0, 0.05) is 13.0 Å². The van der Waals surface area contributed by atoms with Gasteiger partial charge in [-0.25, -0.2) is 15.0 Å². The number of hydrogen-bond acceptors (Lipinski definition) is 7. The van der Waals surface area contributed by atoms with E-state index < -0.39 is 11.9 Å². The molecule has 0 aromatic carbocycles. The molecule has 0 aliphatic carbocycles. The molecule has 0 bridgehead atoms. The van der Waals surface area contributed by atoms with Gasteiger partial charge in [0.15, 0.2) is 11.5 Å². The third-order valence-corrected chi connectivity index (χ3v) is 3.31. The molecule has 0 saturated carbocycles. The molecule has 1 aliphatic heterocycles. The van der Waals surface area contributed by atoms with Gasteiger partial charge in [0.2, 0.25) is 17.7 Å². The number of nitrogen functional groups attached to an aromatic ring is 1. The van der Waals surface area contributed by atoms with Crippen LogP contribution in [0.5, 0.6) is 0 Å². The largest absolute Gasteiger partial charge is 0.382 e. The molecule has 3 amide bonds. The lowest BCUT2D eigenvalue weighted by atomic mass is 10.2. The molecule has 10 heteroatoms. The summed E-state index contributed by atoms with van der Waals surface area (Å²) in [5, 5.41) is 4.65. The molecule has 1 saturated heterocycles. The van der Waals surface area contributed by atoms with Crippen LogP contribution in [0, 0.1) is 0 Å². The Kier molecular flexibility index (Phi) is 3.41. The number of aromatic nitrogens is 4. The van der Waals surface area contributed by atoms with E-state index >= 15 is 0 Å². The van der Waals surface area contributed by atoms with Crippen molar-refractivity contribution in [3.05, 3.63) is 12.7 Å². The van der Waals surface area contributed by atoms with Crippen molar-refractivity contribution in [2.75, 3.05) is 5.73 Å². The number of amides is 3. The van der Waals surface area contributed by atoms with Crippen LogP contribution in [0.3, 0.4) is 0 Å². The van der Waals surface area contributed by atoms with Crippen LogP contribution in [-0.4, -0.2) is 43.3 Å². The van der Waals surface area contributed by atoms with E-state index in [0.717, 1.165) is 0 Å². The highest BCUT2D eigenvalue weighted by Gasteiger charge is 2.31. The lowest BCUT2D eigenvalue weighted by Crippen LogP contribution is -2.40. The fourth-order valence-corrected chi connectivity index (χ4v) is 2.22. The van der Waals surface area contributed by atoms with Gasteiger partial charge in [0.25, 0.3) is 0 Å². The number of rotatable bonds is 4. The SMILES string of the molecule is Nc1ncnc2c1ncn2CCC(=O)NC1CC(=O)NC1=O. The van der Waals surface area contributed by atoms with Crippen molar-refractivity contribution in [1.29, 1.82) is 0 Å². The minimum absolute atomic E-state index is 0.0255. The average Bonchev–Trinajstić information content (AvgIpc) is 3.01. The summed E-state index contributed by atoms with van der Waals surface area (Å²) < 4.78 is 1.67. The Hall–Kier alpha value is -3.04. The molecule has 4 N–H and O–H groups in total. The average molecular weight is 303 g/mol. The van der Waals surface area contributed by atoms with E-state index in [1.807, 2.05) is 0 Å². The first-order valence-corrected chi connectivity index (χ1v) is 6.59. The van der Waals surface area contributed by atoms with Gasteiger partial charge < -0.3 is 15.6 Å². The van der Waals surface area contributed by atoms with Crippen molar-refractivity contribution in [2.45, 2.75) is 25.4 Å². The Morgan fingerprint density at radius 2 is 2.23 bits per heavy atom. The maximum Gasteiger partial charge on any atom is 0.249 e. The zero-order valence-electron chi connectivity index (χ0n) is 11.4. The number of nitrogens with zero attached hydrogens (tertiary/aromatic N) is 4. The number of imide groups is 1. The molecule has 1 aliphatic rings. The first-order valence-electron chi connectivity index (χ1n) is 6.59. The van der Waals surface area contributed by atoms with E-state index in [1.54, 1.807) is 4.57 Å². The van der Waals surface area contributed by atoms with Gasteiger partial charge in [-0.3, -0.25) is 19.7 Å². The van der Waals surface area contributed by atoms with E-state index in [9.17, 15) is 14.4 Å². The summed E-state index contributed by atoms with van der Waals surface area (Å²) in [6.07, 6.45) is 2.94. The van der Waals surface area contributed by atoms with Gasteiger partial charge in [-0.2, -0.15) is 0 Å². The van der Waals surface area contributed by atoms with Crippen LogP contribution >= 0.6 is 0 Å². The molecular formula is C12H13N7O3. The molecule has 1 unspecified atom stereocenters. The summed E-state index contributed by atoms with van der Waals surface area (Å²) in [6, 6.07) is -0.794. The van der Waals surface area contributed by atoms with Crippen molar-refractivity contribution in [3.8, 4) is 0 Å². The number of carbonyl (C=O) groups is 3. The number of carbonyl (C=O) groups excluding carboxylic acids is 3. The highest BCUT2D eigenvalue weighted by Crippen LogP contribution is 2.14. The minimum atomic E-state index is -0.794. The molecule has 2 aromatic rings. The number of nitrogens with one attached hydrogen (secondary N) is 2. The molecule has 3 heterocycles. The topological polar surface area (TPSA) is 145 Å². The van der Waals surface area contributed by atoms with Gasteiger partial charge in [0.05, 0.1) is 12.7 Å². The quantitative estimate of drug-likeness (QED) is 0.572. The number of imidazole rings is 1. The van der Waals surface area contributed by atoms with E-state index in [2.05, 4.69) is 25.6 Å². The van der Waals surface area contributed by atoms with Gasteiger partial charge in [-0.1, -0.05) is 0 Å². The van der Waals surface area contributed by atoms with Crippen LogP contribution in [0.1, 0.15) is 12.8 Å². The van der Waals surface area contributed by atoms with Gasteiger partial charge in [-0.05, 0) is 0 Å². The Morgan fingerprint density at radius 3 is 2.95 bits per heavy atom. The smallest absolute Gasteiger partial charge is 0.249 e. The molecule has 114 valence electrons. The first kappa shape index (κ1) is 13.9. The molecule has 1 atom stereocenters. The van der Waals surface area contributed by atoms with Gasteiger partial charge in [0.1, 0.15) is 17.9 Å². The van der Waals surface area contributed by atoms with Crippen LogP contribution in [-0.2, 0) is 20.9 Å². The summed E-state index contributed by atoms with van der Waals surface area (Å²) in [5.41, 5.74) is 6.69. The predicted molar refractivity (Wildman–Crippen MR) is 74.0 cm³/mol. The fraction of sp³-hybridized carbons (Fsp3) is 0.333. The maximum absolute atomic E-state index is 11.9. The first-order chi connectivity index (χ1) is 10.5. The Labute approximate surface area is 124 Å². The summed E-state index contributed by atoms with van der Waals surface area (Å²) in [4.78, 5) is 46.3. The lowest BCUT2D eigenvalue weighted by molar-refractivity contribution is -0.128. The maximum atomic E-state index is 11.9. The summed E-state index contributed by atoms with van der Waals surface area (Å²) in [6.45, 7) is 0.321. The fourth-order valence-electron chi connectivity index (χ4n) is 2.22. The second kappa shape index (κ2) is 5.39. The zero-order chi connectivity index (χ0) is 15.7. The predicted octanol–water partition coefficient (Wildman–Crippen LogP) is -1.67. The van der Waals surface area contributed by atoms with Crippen LogP contribution < -0.4 is 16.4 Å². The monoisotopic (exact) mass is 303 g/mol. The Morgan fingerprint density at radius 1 is 1.41 bits per heavy atom. The van der Waals surface area contributed by atoms with E-state index in [1.165, 1.54) is 12.7 Å². The van der Waals surface area contributed by atoms with Crippen LogP contribution in [0.25, 0.3) is 11.2 Å². The van der Waals surface area contributed by atoms with Crippen molar-refractivity contribution in [3.63, 3.8) is 0 Å². The molecule has 3 rings (SSSR count). The van der Waals surface area contributed by atoms with Gasteiger partial charge >= 0.3 is 0 Å². The third kappa shape index (κ3) is 2.57. The number of aryl methyl sites for hydroxylation is 1. The molecule has 0 spiro atoms. The van der Waals surface area contributed by atoms with Gasteiger partial charge in [-0.15, -0.1) is 0 Å². The normalized spacial score (nSPS) is 17.7. The number of anilines is 1. The molecule has 0 radical (unpaired) electrons. The van der Waals surface area contributed by atoms with Crippen molar-refractivity contribution < 1.29 is 14.4 Å². The number of hydrogen-bond donors (Lipinski definition) is 3. The van der Waals surface area contributed by atoms with E-state index in [0.29, 0.717) is 17.7 Å². The van der Waals surface area contributed by atoms with E-state index in [4.69, 9.17) is 5.73 Å². The Bertz CT molecular complexity index is 769. The summed E-state index contributed by atoms with van der Waals surface area (Å²) in [5.74, 6) is -0.928. The third-order valence-electron chi connectivity index (χ3n) is 3.31. The molecule has 22 heavy (non-hydrogen) atoms. The minimum Gasteiger partial charge on any atom is -0.382 e. The molecular weight excluding hydrogens is 290 g/mol. The van der Waals surface area contributed by atoms with Crippen LogP contribution in [0.15, 0.2) is 12.7 Å². The van der Waals surface area contributed by atoms with Crippen molar-refractivity contribution in [1.82, 2.24) is 30.2 Å². The highest BCUT2D eigenvalue weighted by molar-refractivity contribution is 6.06. The molecule has 10 nitrogen and oxygen atoms in total. The molecule has 2 aromatic heterocycles. The number of fused-ring (bicyclic) bond motifs is 1.